The number of aromatic nitrogens is 1. The number of carbonyl (C=O) groups is 1. The summed E-state index contributed by atoms with van der Waals surface area (Å²) in [7, 11) is 0. The van der Waals surface area contributed by atoms with Crippen LogP contribution in [0.4, 0.5) is 0 Å². The minimum Gasteiger partial charge on any atom is -0.408 e. The van der Waals surface area contributed by atoms with E-state index in [2.05, 4.69) is 12.2 Å². The Morgan fingerprint density at radius 3 is 2.76 bits per heavy atom. The number of benzene rings is 2. The second-order valence-electron chi connectivity index (χ2n) is 6.00. The van der Waals surface area contributed by atoms with Gasteiger partial charge in [-0.05, 0) is 23.6 Å². The lowest BCUT2D eigenvalue weighted by Gasteiger charge is -2.13. The van der Waals surface area contributed by atoms with Gasteiger partial charge in [0.1, 0.15) is 0 Å². The zero-order valence-electron chi connectivity index (χ0n) is 13.9. The molecule has 1 aromatic heterocycles. The quantitative estimate of drug-likeness (QED) is 0.732. The molecule has 0 saturated carbocycles. The molecule has 0 radical (unpaired) electrons. The first-order valence-corrected chi connectivity index (χ1v) is 8.53. The summed E-state index contributed by atoms with van der Waals surface area (Å²) in [5.74, 6) is -0.356. The first-order valence-electron chi connectivity index (χ1n) is 8.15. The summed E-state index contributed by atoms with van der Waals surface area (Å²) in [5, 5.41) is 3.41. The Balaban J connectivity index is 1.58. The Labute approximate surface area is 150 Å². The number of oxazole rings is 1. The summed E-state index contributed by atoms with van der Waals surface area (Å²) in [6.07, 6.45) is 0.207. The maximum Gasteiger partial charge on any atom is 0.419 e. The standard InChI is InChI=1S/C19H19ClN2O3/c1-13(14-5-3-2-4-6-14)12-21-18(23)9-10-22-16-8-7-15(20)11-17(16)25-19(22)24/h2-8,11,13H,9-10,12H2,1H3,(H,21,23). The number of rotatable bonds is 6. The zero-order chi connectivity index (χ0) is 17.8. The zero-order valence-corrected chi connectivity index (χ0v) is 14.6. The smallest absolute Gasteiger partial charge is 0.408 e. The summed E-state index contributed by atoms with van der Waals surface area (Å²) in [4.78, 5) is 24.0. The number of carbonyl (C=O) groups excluding carboxylic acids is 1. The molecule has 1 atom stereocenters. The highest BCUT2D eigenvalue weighted by Gasteiger charge is 2.12. The third-order valence-corrected chi connectivity index (χ3v) is 4.40. The van der Waals surface area contributed by atoms with Crippen molar-refractivity contribution in [2.24, 2.45) is 0 Å². The summed E-state index contributed by atoms with van der Waals surface area (Å²) in [6, 6.07) is 15.0. The largest absolute Gasteiger partial charge is 0.419 e. The van der Waals surface area contributed by atoms with Gasteiger partial charge in [-0.2, -0.15) is 0 Å². The molecule has 3 aromatic rings. The number of hydrogen-bond donors (Lipinski definition) is 1. The minimum atomic E-state index is -0.484. The van der Waals surface area contributed by atoms with Crippen LogP contribution in [0.1, 0.15) is 24.8 Å². The molecule has 0 aliphatic rings. The maximum atomic E-state index is 12.1. The number of hydrogen-bond acceptors (Lipinski definition) is 3. The number of nitrogens with zero attached hydrogens (tertiary/aromatic N) is 1. The van der Waals surface area contributed by atoms with Gasteiger partial charge < -0.3 is 9.73 Å². The fourth-order valence-corrected chi connectivity index (χ4v) is 2.88. The number of fused-ring (bicyclic) bond motifs is 1. The first-order chi connectivity index (χ1) is 12.0. The van der Waals surface area contributed by atoms with E-state index in [4.69, 9.17) is 16.0 Å². The fraction of sp³-hybridized carbons (Fsp3) is 0.263. The lowest BCUT2D eigenvalue weighted by atomic mass is 10.0. The van der Waals surface area contributed by atoms with Crippen molar-refractivity contribution in [3.8, 4) is 0 Å². The van der Waals surface area contributed by atoms with E-state index in [-0.39, 0.29) is 24.8 Å². The van der Waals surface area contributed by atoms with Crippen molar-refractivity contribution >= 4 is 28.6 Å². The van der Waals surface area contributed by atoms with Crippen LogP contribution in [-0.2, 0) is 11.3 Å². The normalized spacial score (nSPS) is 12.2. The summed E-state index contributed by atoms with van der Waals surface area (Å²) in [5.41, 5.74) is 2.24. The van der Waals surface area contributed by atoms with E-state index in [0.717, 1.165) is 0 Å². The van der Waals surface area contributed by atoms with Crippen LogP contribution in [0.3, 0.4) is 0 Å². The Morgan fingerprint density at radius 1 is 1.24 bits per heavy atom. The highest BCUT2D eigenvalue weighted by molar-refractivity contribution is 6.31. The van der Waals surface area contributed by atoms with E-state index in [0.29, 0.717) is 22.7 Å². The molecule has 130 valence electrons. The Hall–Kier alpha value is -2.53. The van der Waals surface area contributed by atoms with E-state index in [1.54, 1.807) is 18.2 Å². The van der Waals surface area contributed by atoms with Crippen molar-refractivity contribution in [3.63, 3.8) is 0 Å². The van der Waals surface area contributed by atoms with Gasteiger partial charge in [-0.15, -0.1) is 0 Å². The van der Waals surface area contributed by atoms with Crippen molar-refractivity contribution in [1.29, 1.82) is 0 Å². The molecule has 0 aliphatic carbocycles. The van der Waals surface area contributed by atoms with Gasteiger partial charge in [0.05, 0.1) is 5.52 Å². The first kappa shape index (κ1) is 17.3. The number of amides is 1. The molecule has 0 aliphatic heterocycles. The lowest BCUT2D eigenvalue weighted by Crippen LogP contribution is -2.29. The predicted molar refractivity (Wildman–Crippen MR) is 98.0 cm³/mol. The molecule has 2 aromatic carbocycles. The lowest BCUT2D eigenvalue weighted by molar-refractivity contribution is -0.121. The Kier molecular flexibility index (Phi) is 5.24. The third kappa shape index (κ3) is 4.12. The van der Waals surface area contributed by atoms with Gasteiger partial charge in [-0.3, -0.25) is 9.36 Å². The molecular formula is C19H19ClN2O3. The van der Waals surface area contributed by atoms with E-state index in [1.165, 1.54) is 10.1 Å². The molecule has 1 N–H and O–H groups in total. The Bertz CT molecular complexity index is 931. The molecule has 1 amide bonds. The van der Waals surface area contributed by atoms with Gasteiger partial charge in [0.15, 0.2) is 5.58 Å². The molecule has 3 rings (SSSR count). The molecule has 1 heterocycles. The van der Waals surface area contributed by atoms with Gasteiger partial charge in [0.25, 0.3) is 0 Å². The molecule has 5 nitrogen and oxygen atoms in total. The molecule has 1 unspecified atom stereocenters. The maximum absolute atomic E-state index is 12.1. The Morgan fingerprint density at radius 2 is 2.00 bits per heavy atom. The fourth-order valence-electron chi connectivity index (χ4n) is 2.72. The van der Waals surface area contributed by atoms with Crippen LogP contribution in [0.25, 0.3) is 11.1 Å². The minimum absolute atomic E-state index is 0.0991. The van der Waals surface area contributed by atoms with Crippen molar-refractivity contribution < 1.29 is 9.21 Å². The van der Waals surface area contributed by atoms with Crippen LogP contribution in [0.15, 0.2) is 57.7 Å². The molecule has 0 fully saturated rings. The van der Waals surface area contributed by atoms with Crippen molar-refractivity contribution in [1.82, 2.24) is 9.88 Å². The van der Waals surface area contributed by atoms with Crippen molar-refractivity contribution in [2.75, 3.05) is 6.54 Å². The summed E-state index contributed by atoms with van der Waals surface area (Å²) < 4.78 is 6.61. The SMILES string of the molecule is CC(CNC(=O)CCn1c(=O)oc2cc(Cl)ccc21)c1ccccc1. The van der Waals surface area contributed by atoms with Crippen molar-refractivity contribution in [2.45, 2.75) is 25.8 Å². The van der Waals surface area contributed by atoms with Crippen LogP contribution >= 0.6 is 11.6 Å². The van der Waals surface area contributed by atoms with Crippen molar-refractivity contribution in [3.05, 3.63) is 69.7 Å². The monoisotopic (exact) mass is 358 g/mol. The van der Waals surface area contributed by atoms with Gasteiger partial charge in [0, 0.05) is 30.6 Å². The van der Waals surface area contributed by atoms with Crippen LogP contribution < -0.4 is 11.1 Å². The van der Waals surface area contributed by atoms with Crippen LogP contribution in [0.2, 0.25) is 5.02 Å². The van der Waals surface area contributed by atoms with Crippen LogP contribution in [0.5, 0.6) is 0 Å². The summed E-state index contributed by atoms with van der Waals surface area (Å²) in [6.45, 7) is 2.88. The van der Waals surface area contributed by atoms with E-state index in [1.807, 2.05) is 30.3 Å². The number of halogens is 1. The van der Waals surface area contributed by atoms with Gasteiger partial charge in [-0.1, -0.05) is 48.9 Å². The van der Waals surface area contributed by atoms with E-state index < -0.39 is 5.76 Å². The summed E-state index contributed by atoms with van der Waals surface area (Å²) >= 11 is 5.89. The molecule has 6 heteroatoms. The van der Waals surface area contributed by atoms with E-state index >= 15 is 0 Å². The topological polar surface area (TPSA) is 64.2 Å². The average Bonchev–Trinajstić information content (AvgIpc) is 2.92. The predicted octanol–water partition coefficient (Wildman–Crippen LogP) is 3.56. The highest BCUT2D eigenvalue weighted by Crippen LogP contribution is 2.18. The second-order valence-corrected chi connectivity index (χ2v) is 6.43. The van der Waals surface area contributed by atoms with Crippen LogP contribution in [-0.4, -0.2) is 17.0 Å². The molecule has 0 bridgehead atoms. The van der Waals surface area contributed by atoms with Gasteiger partial charge >= 0.3 is 5.76 Å². The van der Waals surface area contributed by atoms with Crippen LogP contribution in [0, 0.1) is 0 Å². The van der Waals surface area contributed by atoms with Gasteiger partial charge in [0.2, 0.25) is 5.91 Å². The second kappa shape index (κ2) is 7.57. The molecular weight excluding hydrogens is 340 g/mol. The van der Waals surface area contributed by atoms with Gasteiger partial charge in [-0.25, -0.2) is 4.79 Å². The molecule has 0 saturated heterocycles. The average molecular weight is 359 g/mol. The highest BCUT2D eigenvalue weighted by atomic mass is 35.5. The molecule has 25 heavy (non-hydrogen) atoms. The molecule has 0 spiro atoms. The number of nitrogens with one attached hydrogen (secondary N) is 1. The third-order valence-electron chi connectivity index (χ3n) is 4.17. The number of aryl methyl sites for hydroxylation is 1. The van der Waals surface area contributed by atoms with E-state index in [9.17, 15) is 9.59 Å².